The normalized spacial score (nSPS) is 35.2. The van der Waals surface area contributed by atoms with Gasteiger partial charge in [-0.05, 0) is 43.4 Å². The Kier molecular flexibility index (Phi) is 4.44. The maximum absolute atomic E-state index is 2.48. The van der Waals surface area contributed by atoms with Crippen LogP contribution in [0.1, 0.15) is 20.3 Å². The molecule has 0 amide bonds. The van der Waals surface area contributed by atoms with E-state index < -0.39 is 0 Å². The highest BCUT2D eigenvalue weighted by atomic mass is 32.2. The monoisotopic (exact) mass is 187 g/mol. The minimum Gasteiger partial charge on any atom is -0.306 e. The van der Waals surface area contributed by atoms with Crippen LogP contribution in [0.25, 0.3) is 0 Å². The van der Waals surface area contributed by atoms with E-state index >= 15 is 0 Å². The van der Waals surface area contributed by atoms with Crippen LogP contribution >= 0.6 is 11.8 Å². The second-order valence-corrected chi connectivity index (χ2v) is 4.68. The molecule has 1 nitrogen and oxygen atoms in total. The highest BCUT2D eigenvalue weighted by molar-refractivity contribution is 7.99. The van der Waals surface area contributed by atoms with Gasteiger partial charge in [-0.25, -0.2) is 0 Å². The van der Waals surface area contributed by atoms with E-state index in [0.717, 1.165) is 11.8 Å². The van der Waals surface area contributed by atoms with E-state index in [-0.39, 0.29) is 0 Å². The summed E-state index contributed by atoms with van der Waals surface area (Å²) in [6.45, 7) is 6.69. The standard InChI is InChI=1S/C8H15NS.C2H6/c1-9-3-2-7-5-10-6-8(7)4-9;1-2/h7-8H,2-6H2,1H3;1-2H3. The van der Waals surface area contributed by atoms with Crippen molar-refractivity contribution in [3.63, 3.8) is 0 Å². The molecule has 0 aromatic carbocycles. The van der Waals surface area contributed by atoms with Gasteiger partial charge in [0.2, 0.25) is 0 Å². The van der Waals surface area contributed by atoms with Gasteiger partial charge in [0.25, 0.3) is 0 Å². The SMILES string of the molecule is CC.CN1CCC2CSCC2C1. The molecule has 72 valence electrons. The van der Waals surface area contributed by atoms with Crippen molar-refractivity contribution in [3.8, 4) is 0 Å². The van der Waals surface area contributed by atoms with Crippen LogP contribution in [0.4, 0.5) is 0 Å². The molecule has 0 aliphatic carbocycles. The van der Waals surface area contributed by atoms with E-state index in [1.165, 1.54) is 31.0 Å². The zero-order valence-corrected chi connectivity index (χ0v) is 9.36. The molecule has 2 saturated heterocycles. The minimum absolute atomic E-state index is 1.03. The lowest BCUT2D eigenvalue weighted by Crippen LogP contribution is -2.37. The average molecular weight is 187 g/mol. The summed E-state index contributed by atoms with van der Waals surface area (Å²) in [5.74, 6) is 4.97. The first-order valence-corrected chi connectivity index (χ1v) is 6.28. The third-order valence-electron chi connectivity index (χ3n) is 2.76. The van der Waals surface area contributed by atoms with E-state index in [9.17, 15) is 0 Å². The third-order valence-corrected chi connectivity index (χ3v) is 4.09. The highest BCUT2D eigenvalue weighted by Gasteiger charge is 2.31. The van der Waals surface area contributed by atoms with Gasteiger partial charge < -0.3 is 4.90 Å². The second kappa shape index (κ2) is 5.13. The number of hydrogen-bond acceptors (Lipinski definition) is 2. The molecule has 2 fully saturated rings. The van der Waals surface area contributed by atoms with Crippen molar-refractivity contribution >= 4 is 11.8 Å². The Morgan fingerprint density at radius 3 is 2.58 bits per heavy atom. The summed E-state index contributed by atoms with van der Waals surface area (Å²) in [4.78, 5) is 2.48. The lowest BCUT2D eigenvalue weighted by molar-refractivity contribution is 0.178. The Morgan fingerprint density at radius 1 is 1.17 bits per heavy atom. The van der Waals surface area contributed by atoms with Gasteiger partial charge in [0.15, 0.2) is 0 Å². The van der Waals surface area contributed by atoms with E-state index in [2.05, 4.69) is 23.7 Å². The maximum atomic E-state index is 2.48. The first-order chi connectivity index (χ1) is 5.86. The van der Waals surface area contributed by atoms with E-state index in [0.29, 0.717) is 0 Å². The molecule has 0 spiro atoms. The van der Waals surface area contributed by atoms with Crippen LogP contribution in [0.2, 0.25) is 0 Å². The lowest BCUT2D eigenvalue weighted by atomic mass is 9.89. The van der Waals surface area contributed by atoms with Crippen LogP contribution < -0.4 is 0 Å². The van der Waals surface area contributed by atoms with Crippen LogP contribution in [0.5, 0.6) is 0 Å². The summed E-state index contributed by atoms with van der Waals surface area (Å²) < 4.78 is 0. The molecule has 0 N–H and O–H groups in total. The Morgan fingerprint density at radius 2 is 1.83 bits per heavy atom. The van der Waals surface area contributed by atoms with Gasteiger partial charge in [-0.15, -0.1) is 0 Å². The Bertz CT molecular complexity index is 127. The van der Waals surface area contributed by atoms with Gasteiger partial charge in [0.05, 0.1) is 0 Å². The van der Waals surface area contributed by atoms with Crippen LogP contribution in [0, 0.1) is 11.8 Å². The van der Waals surface area contributed by atoms with Crippen LogP contribution in [0.3, 0.4) is 0 Å². The second-order valence-electron chi connectivity index (χ2n) is 3.61. The molecule has 0 bridgehead atoms. The van der Waals surface area contributed by atoms with Crippen molar-refractivity contribution in [2.75, 3.05) is 31.6 Å². The quantitative estimate of drug-likeness (QED) is 0.572. The largest absolute Gasteiger partial charge is 0.306 e. The van der Waals surface area contributed by atoms with Crippen molar-refractivity contribution in [2.24, 2.45) is 11.8 Å². The van der Waals surface area contributed by atoms with Crippen molar-refractivity contribution in [3.05, 3.63) is 0 Å². The molecule has 0 aromatic rings. The summed E-state index contributed by atoms with van der Waals surface area (Å²) in [5.41, 5.74) is 0. The molecular formula is C10H21NS. The molecular weight excluding hydrogens is 166 g/mol. The fraction of sp³-hybridized carbons (Fsp3) is 1.00. The highest BCUT2D eigenvalue weighted by Crippen LogP contribution is 2.35. The number of piperidine rings is 1. The van der Waals surface area contributed by atoms with Crippen LogP contribution in [-0.4, -0.2) is 36.5 Å². The topological polar surface area (TPSA) is 3.24 Å². The van der Waals surface area contributed by atoms with E-state index in [4.69, 9.17) is 0 Å². The van der Waals surface area contributed by atoms with E-state index in [1.807, 2.05) is 13.8 Å². The molecule has 2 aliphatic heterocycles. The van der Waals surface area contributed by atoms with Crippen molar-refractivity contribution in [1.29, 1.82) is 0 Å². The Labute approximate surface area is 80.9 Å². The molecule has 2 heterocycles. The third kappa shape index (κ3) is 2.40. The van der Waals surface area contributed by atoms with Crippen molar-refractivity contribution in [2.45, 2.75) is 20.3 Å². The Balaban J connectivity index is 0.000000336. The number of nitrogens with zero attached hydrogens (tertiary/aromatic N) is 1. The fourth-order valence-electron chi connectivity index (χ4n) is 2.04. The molecule has 2 atom stereocenters. The number of fused-ring (bicyclic) bond motifs is 1. The van der Waals surface area contributed by atoms with Gasteiger partial charge in [-0.2, -0.15) is 11.8 Å². The lowest BCUT2D eigenvalue weighted by Gasteiger charge is -2.31. The van der Waals surface area contributed by atoms with Gasteiger partial charge in [-0.3, -0.25) is 0 Å². The molecule has 2 heteroatoms. The molecule has 2 rings (SSSR count). The number of rotatable bonds is 0. The number of likely N-dealkylation sites (tertiary alicyclic amines) is 1. The molecule has 12 heavy (non-hydrogen) atoms. The van der Waals surface area contributed by atoms with E-state index in [1.54, 1.807) is 0 Å². The summed E-state index contributed by atoms with van der Waals surface area (Å²) in [6.07, 6.45) is 1.45. The fourth-order valence-corrected chi connectivity index (χ4v) is 3.60. The molecule has 0 aromatic heterocycles. The minimum atomic E-state index is 1.03. The van der Waals surface area contributed by atoms with Crippen LogP contribution in [0.15, 0.2) is 0 Å². The zero-order valence-electron chi connectivity index (χ0n) is 8.55. The molecule has 0 saturated carbocycles. The average Bonchev–Trinajstić information content (AvgIpc) is 2.54. The van der Waals surface area contributed by atoms with Crippen molar-refractivity contribution < 1.29 is 0 Å². The van der Waals surface area contributed by atoms with Gasteiger partial charge in [-0.1, -0.05) is 13.8 Å². The van der Waals surface area contributed by atoms with Gasteiger partial charge in [0, 0.05) is 6.54 Å². The van der Waals surface area contributed by atoms with Gasteiger partial charge in [0.1, 0.15) is 0 Å². The molecule has 2 aliphatic rings. The summed E-state index contributed by atoms with van der Waals surface area (Å²) >= 11 is 2.15. The predicted octanol–water partition coefficient (Wildman–Crippen LogP) is 2.33. The first kappa shape index (κ1) is 10.4. The van der Waals surface area contributed by atoms with Crippen molar-refractivity contribution in [1.82, 2.24) is 4.90 Å². The first-order valence-electron chi connectivity index (χ1n) is 5.12. The number of thioether (sulfide) groups is 1. The van der Waals surface area contributed by atoms with Gasteiger partial charge >= 0.3 is 0 Å². The zero-order chi connectivity index (χ0) is 8.97. The summed E-state index contributed by atoms with van der Waals surface area (Å²) in [7, 11) is 2.25. The summed E-state index contributed by atoms with van der Waals surface area (Å²) in [5, 5.41) is 0. The van der Waals surface area contributed by atoms with Crippen LogP contribution in [-0.2, 0) is 0 Å². The molecule has 0 radical (unpaired) electrons. The predicted molar refractivity (Wildman–Crippen MR) is 57.8 cm³/mol. The number of hydrogen-bond donors (Lipinski definition) is 0. The summed E-state index contributed by atoms with van der Waals surface area (Å²) in [6, 6.07) is 0. The maximum Gasteiger partial charge on any atom is 0.00175 e. The Hall–Kier alpha value is 0.310. The molecule has 2 unspecified atom stereocenters. The smallest absolute Gasteiger partial charge is 0.00175 e.